The molecule has 0 atom stereocenters. The van der Waals surface area contributed by atoms with E-state index in [1.54, 1.807) is 0 Å². The molecule has 1 aromatic carbocycles. The van der Waals surface area contributed by atoms with Gasteiger partial charge in [0, 0.05) is 18.8 Å². The first-order chi connectivity index (χ1) is 7.25. The van der Waals surface area contributed by atoms with E-state index in [-0.39, 0.29) is 0 Å². The molecule has 84 valence electrons. The second-order valence-electron chi connectivity index (χ2n) is 3.92. The van der Waals surface area contributed by atoms with Crippen LogP contribution in [0.25, 0.3) is 0 Å². The Morgan fingerprint density at radius 2 is 1.87 bits per heavy atom. The van der Waals surface area contributed by atoms with Crippen LogP contribution in [-0.2, 0) is 0 Å². The monoisotopic (exact) mass is 206 g/mol. The zero-order chi connectivity index (χ0) is 11.1. The van der Waals surface area contributed by atoms with Crippen molar-refractivity contribution in [3.05, 3.63) is 29.3 Å². The molecule has 0 aliphatic carbocycles. The van der Waals surface area contributed by atoms with Gasteiger partial charge in [0.2, 0.25) is 0 Å². The van der Waals surface area contributed by atoms with Crippen LogP contribution in [0.15, 0.2) is 18.2 Å². The minimum absolute atomic E-state index is 0.990. The molecule has 0 saturated heterocycles. The summed E-state index contributed by atoms with van der Waals surface area (Å²) in [6.45, 7) is 9.62. The predicted molar refractivity (Wildman–Crippen MR) is 67.6 cm³/mol. The Bertz CT molecular complexity index is 295. The molecule has 0 bridgehead atoms. The van der Waals surface area contributed by atoms with Crippen LogP contribution in [0, 0.1) is 13.8 Å². The van der Waals surface area contributed by atoms with Crippen molar-refractivity contribution >= 4 is 5.69 Å². The summed E-state index contributed by atoms with van der Waals surface area (Å²) in [7, 11) is 0. The smallest absolute Gasteiger partial charge is 0.0372 e. The van der Waals surface area contributed by atoms with Crippen LogP contribution in [-0.4, -0.2) is 19.6 Å². The van der Waals surface area contributed by atoms with Crippen LogP contribution >= 0.6 is 0 Å². The van der Waals surface area contributed by atoms with E-state index in [2.05, 4.69) is 49.6 Å². The van der Waals surface area contributed by atoms with Gasteiger partial charge in [0.1, 0.15) is 0 Å². The molecule has 0 aromatic heterocycles. The van der Waals surface area contributed by atoms with Crippen LogP contribution < -0.4 is 10.6 Å². The lowest BCUT2D eigenvalue weighted by Crippen LogP contribution is -2.22. The molecule has 1 rings (SSSR count). The van der Waals surface area contributed by atoms with Crippen LogP contribution in [0.1, 0.15) is 24.5 Å². The van der Waals surface area contributed by atoms with Gasteiger partial charge in [-0.3, -0.25) is 0 Å². The lowest BCUT2D eigenvalue weighted by molar-refractivity contribution is 0.687. The van der Waals surface area contributed by atoms with Crippen molar-refractivity contribution in [2.24, 2.45) is 0 Å². The van der Waals surface area contributed by atoms with Gasteiger partial charge in [0.15, 0.2) is 0 Å². The second kappa shape index (κ2) is 6.46. The van der Waals surface area contributed by atoms with Gasteiger partial charge >= 0.3 is 0 Å². The number of hydrogen-bond acceptors (Lipinski definition) is 2. The maximum Gasteiger partial charge on any atom is 0.0372 e. The molecular weight excluding hydrogens is 184 g/mol. The molecule has 2 nitrogen and oxygen atoms in total. The second-order valence-corrected chi connectivity index (χ2v) is 3.92. The Balaban J connectivity index is 2.34. The van der Waals surface area contributed by atoms with E-state index in [1.807, 2.05) is 0 Å². The van der Waals surface area contributed by atoms with Gasteiger partial charge < -0.3 is 10.6 Å². The average molecular weight is 206 g/mol. The summed E-state index contributed by atoms with van der Waals surface area (Å²) in [6.07, 6.45) is 1.20. The lowest BCUT2D eigenvalue weighted by atomic mass is 10.1. The van der Waals surface area contributed by atoms with Gasteiger partial charge in [0.05, 0.1) is 0 Å². The van der Waals surface area contributed by atoms with Gasteiger partial charge in [-0.1, -0.05) is 19.1 Å². The summed E-state index contributed by atoms with van der Waals surface area (Å²) in [5.41, 5.74) is 3.96. The highest BCUT2D eigenvalue weighted by molar-refractivity contribution is 5.53. The molecule has 15 heavy (non-hydrogen) atoms. The Labute approximate surface area is 93.1 Å². The highest BCUT2D eigenvalue weighted by Crippen LogP contribution is 2.17. The minimum Gasteiger partial charge on any atom is -0.384 e. The molecule has 0 saturated carbocycles. The summed E-state index contributed by atoms with van der Waals surface area (Å²) in [5.74, 6) is 0. The summed E-state index contributed by atoms with van der Waals surface area (Å²) < 4.78 is 0. The molecule has 0 heterocycles. The zero-order valence-electron chi connectivity index (χ0n) is 10.1. The van der Waals surface area contributed by atoms with Gasteiger partial charge in [-0.15, -0.1) is 0 Å². The van der Waals surface area contributed by atoms with Crippen molar-refractivity contribution in [1.82, 2.24) is 5.32 Å². The molecule has 0 radical (unpaired) electrons. The third-order valence-corrected chi connectivity index (χ3v) is 2.65. The van der Waals surface area contributed by atoms with Gasteiger partial charge in [0.25, 0.3) is 0 Å². The lowest BCUT2D eigenvalue weighted by Gasteiger charge is -2.11. The Morgan fingerprint density at radius 1 is 1.07 bits per heavy atom. The standard InChI is InChI=1S/C13H22N2/c1-4-8-14-9-10-15-13-7-5-6-11(2)12(13)3/h5-7,14-15H,4,8-10H2,1-3H3. The van der Waals surface area contributed by atoms with Crippen molar-refractivity contribution in [1.29, 1.82) is 0 Å². The highest BCUT2D eigenvalue weighted by Gasteiger charge is 1.98. The SMILES string of the molecule is CCCNCCNc1cccc(C)c1C. The van der Waals surface area contributed by atoms with Crippen molar-refractivity contribution in [3.63, 3.8) is 0 Å². The highest BCUT2D eigenvalue weighted by atomic mass is 14.9. The van der Waals surface area contributed by atoms with E-state index in [0.717, 1.165) is 19.6 Å². The van der Waals surface area contributed by atoms with Crippen LogP contribution in [0.2, 0.25) is 0 Å². The van der Waals surface area contributed by atoms with E-state index in [1.165, 1.54) is 23.2 Å². The molecule has 0 fully saturated rings. The maximum atomic E-state index is 3.45. The van der Waals surface area contributed by atoms with Crippen molar-refractivity contribution in [3.8, 4) is 0 Å². The van der Waals surface area contributed by atoms with Gasteiger partial charge in [-0.2, -0.15) is 0 Å². The first kappa shape index (κ1) is 12.1. The number of rotatable bonds is 6. The Morgan fingerprint density at radius 3 is 2.60 bits per heavy atom. The summed E-state index contributed by atoms with van der Waals surface area (Å²) in [6, 6.07) is 6.39. The summed E-state index contributed by atoms with van der Waals surface area (Å²) >= 11 is 0. The fourth-order valence-corrected chi connectivity index (χ4v) is 1.53. The quantitative estimate of drug-likeness (QED) is 0.699. The third-order valence-electron chi connectivity index (χ3n) is 2.65. The molecule has 0 spiro atoms. The van der Waals surface area contributed by atoms with Crippen molar-refractivity contribution in [2.75, 3.05) is 25.0 Å². The van der Waals surface area contributed by atoms with E-state index < -0.39 is 0 Å². The fourth-order valence-electron chi connectivity index (χ4n) is 1.53. The molecule has 0 aliphatic heterocycles. The normalized spacial score (nSPS) is 10.3. The van der Waals surface area contributed by atoms with Crippen LogP contribution in [0.4, 0.5) is 5.69 Å². The first-order valence-electron chi connectivity index (χ1n) is 5.76. The number of nitrogens with one attached hydrogen (secondary N) is 2. The molecule has 2 heteroatoms. The molecule has 1 aromatic rings. The summed E-state index contributed by atoms with van der Waals surface area (Å²) in [5, 5.41) is 6.83. The molecular formula is C13H22N2. The largest absolute Gasteiger partial charge is 0.384 e. The van der Waals surface area contributed by atoms with E-state index >= 15 is 0 Å². The number of benzene rings is 1. The number of hydrogen-bond donors (Lipinski definition) is 2. The fraction of sp³-hybridized carbons (Fsp3) is 0.538. The van der Waals surface area contributed by atoms with Crippen LogP contribution in [0.5, 0.6) is 0 Å². The Kier molecular flexibility index (Phi) is 5.19. The van der Waals surface area contributed by atoms with Gasteiger partial charge in [-0.05, 0) is 44.0 Å². The average Bonchev–Trinajstić information content (AvgIpc) is 2.24. The van der Waals surface area contributed by atoms with E-state index in [0.29, 0.717) is 0 Å². The topological polar surface area (TPSA) is 24.1 Å². The summed E-state index contributed by atoms with van der Waals surface area (Å²) in [4.78, 5) is 0. The third kappa shape index (κ3) is 3.92. The maximum absolute atomic E-state index is 3.45. The van der Waals surface area contributed by atoms with Gasteiger partial charge in [-0.25, -0.2) is 0 Å². The van der Waals surface area contributed by atoms with Crippen molar-refractivity contribution in [2.45, 2.75) is 27.2 Å². The van der Waals surface area contributed by atoms with E-state index in [9.17, 15) is 0 Å². The first-order valence-corrected chi connectivity index (χ1v) is 5.76. The van der Waals surface area contributed by atoms with E-state index in [4.69, 9.17) is 0 Å². The van der Waals surface area contributed by atoms with Crippen molar-refractivity contribution < 1.29 is 0 Å². The molecule has 0 aliphatic rings. The molecule has 0 amide bonds. The molecule has 0 unspecified atom stereocenters. The number of aryl methyl sites for hydroxylation is 1. The van der Waals surface area contributed by atoms with Crippen LogP contribution in [0.3, 0.4) is 0 Å². The zero-order valence-corrected chi connectivity index (χ0v) is 10.1. The Hall–Kier alpha value is -1.02. The number of anilines is 1. The minimum atomic E-state index is 0.990. The molecule has 2 N–H and O–H groups in total. The predicted octanol–water partition coefficient (Wildman–Crippen LogP) is 2.71.